The van der Waals surface area contributed by atoms with Crippen molar-refractivity contribution in [2.75, 3.05) is 13.2 Å². The van der Waals surface area contributed by atoms with E-state index in [-0.39, 0.29) is 0 Å². The standard InChI is InChI=1S/C56H66N4O2/c1-5-7-9-11-13-15-17-19-37-61-55-39-50(30-26-48-28-36-54(58-42-48)44-60-52-33-23-46(4)24-34-52)56(62-38-20-18-16-14-12-10-8-6-2)40-49(55)29-25-47-27-35-53(57-41-47)43-59-51-31-21-45(3)22-32-51/h21-24,27-28,31-36,39-44H,5-20,37-38H2,1-4H3. The molecular weight excluding hydrogens is 761 g/mol. The SMILES string of the molecule is CCCCCCCCCCOc1cc(C#Cc2ccc(C=Nc3ccc(C)cc3)nc2)c(OCCCCCCCCCC)cc1C#Cc1ccc(C=Nc2ccc(C)cc2)nc1. The first-order valence-corrected chi connectivity index (χ1v) is 23.1. The molecule has 0 amide bonds. The summed E-state index contributed by atoms with van der Waals surface area (Å²) in [5, 5.41) is 0. The number of rotatable bonds is 24. The van der Waals surface area contributed by atoms with Crippen molar-refractivity contribution in [3.05, 3.63) is 142 Å². The fourth-order valence-electron chi connectivity index (χ4n) is 6.76. The summed E-state index contributed by atoms with van der Waals surface area (Å²) in [6, 6.07) is 28.1. The molecule has 2 aromatic heterocycles. The van der Waals surface area contributed by atoms with Gasteiger partial charge in [0.25, 0.3) is 0 Å². The van der Waals surface area contributed by atoms with Crippen LogP contribution < -0.4 is 9.47 Å². The lowest BCUT2D eigenvalue weighted by Crippen LogP contribution is -2.03. The second-order valence-electron chi connectivity index (χ2n) is 16.1. The maximum atomic E-state index is 6.52. The van der Waals surface area contributed by atoms with Crippen LogP contribution in [0.25, 0.3) is 0 Å². The van der Waals surface area contributed by atoms with Crippen molar-refractivity contribution >= 4 is 23.8 Å². The van der Waals surface area contributed by atoms with E-state index < -0.39 is 0 Å². The molecule has 0 saturated heterocycles. The van der Waals surface area contributed by atoms with E-state index in [9.17, 15) is 0 Å². The molecule has 2 heterocycles. The summed E-state index contributed by atoms with van der Waals surface area (Å²) in [7, 11) is 0. The maximum absolute atomic E-state index is 6.52. The Morgan fingerprint density at radius 2 is 0.823 bits per heavy atom. The summed E-state index contributed by atoms with van der Waals surface area (Å²) in [4.78, 5) is 18.4. The number of aryl methyl sites for hydroxylation is 2. The zero-order valence-corrected chi connectivity index (χ0v) is 37.7. The smallest absolute Gasteiger partial charge is 0.136 e. The third-order valence-electron chi connectivity index (χ3n) is 10.6. The second-order valence-corrected chi connectivity index (χ2v) is 16.1. The monoisotopic (exact) mass is 827 g/mol. The van der Waals surface area contributed by atoms with E-state index >= 15 is 0 Å². The predicted molar refractivity (Wildman–Crippen MR) is 260 cm³/mol. The van der Waals surface area contributed by atoms with Crippen molar-refractivity contribution < 1.29 is 9.47 Å². The van der Waals surface area contributed by atoms with Crippen LogP contribution in [0.4, 0.5) is 11.4 Å². The van der Waals surface area contributed by atoms with Crippen molar-refractivity contribution in [2.24, 2.45) is 9.98 Å². The summed E-state index contributed by atoms with van der Waals surface area (Å²) < 4.78 is 13.0. The molecule has 0 N–H and O–H groups in total. The van der Waals surface area contributed by atoms with E-state index in [1.54, 1.807) is 24.8 Å². The quantitative estimate of drug-likeness (QED) is 0.0353. The van der Waals surface area contributed by atoms with Crippen molar-refractivity contribution in [2.45, 2.75) is 130 Å². The molecule has 5 aromatic rings. The van der Waals surface area contributed by atoms with Gasteiger partial charge < -0.3 is 9.47 Å². The number of unbranched alkanes of at least 4 members (excludes halogenated alkanes) is 14. The van der Waals surface area contributed by atoms with Gasteiger partial charge in [0.15, 0.2) is 0 Å². The van der Waals surface area contributed by atoms with Gasteiger partial charge in [-0.2, -0.15) is 0 Å². The van der Waals surface area contributed by atoms with E-state index in [4.69, 9.17) is 9.47 Å². The Hall–Kier alpha value is -5.98. The molecule has 6 nitrogen and oxygen atoms in total. The fraction of sp³-hybridized carbons (Fsp3) is 0.393. The van der Waals surface area contributed by atoms with Gasteiger partial charge in [0.2, 0.25) is 0 Å². The molecule has 0 atom stereocenters. The Labute approximate surface area is 372 Å². The zero-order chi connectivity index (χ0) is 43.5. The number of hydrogen-bond donors (Lipinski definition) is 0. The first-order valence-electron chi connectivity index (χ1n) is 23.1. The zero-order valence-electron chi connectivity index (χ0n) is 37.7. The fourth-order valence-corrected chi connectivity index (χ4v) is 6.76. The summed E-state index contributed by atoms with van der Waals surface area (Å²) in [6.45, 7) is 9.89. The highest BCUT2D eigenvalue weighted by atomic mass is 16.5. The molecular formula is C56H66N4O2. The van der Waals surface area contributed by atoms with Gasteiger partial charge in [0.1, 0.15) is 11.5 Å². The number of ether oxygens (including phenoxy) is 2. The van der Waals surface area contributed by atoms with E-state index in [0.29, 0.717) is 24.7 Å². The molecule has 6 heteroatoms. The highest BCUT2D eigenvalue weighted by molar-refractivity contribution is 5.80. The summed E-state index contributed by atoms with van der Waals surface area (Å²) in [6.07, 6.45) is 26.9. The third-order valence-corrected chi connectivity index (χ3v) is 10.6. The Morgan fingerprint density at radius 1 is 0.452 bits per heavy atom. The maximum Gasteiger partial charge on any atom is 0.136 e. The van der Waals surface area contributed by atoms with Crippen LogP contribution in [0.1, 0.15) is 161 Å². The lowest BCUT2D eigenvalue weighted by molar-refractivity contribution is 0.295. The molecule has 0 spiro atoms. The van der Waals surface area contributed by atoms with Crippen molar-refractivity contribution in [1.82, 2.24) is 9.97 Å². The average molecular weight is 827 g/mol. The number of pyridine rings is 2. The lowest BCUT2D eigenvalue weighted by Gasteiger charge is -2.14. The van der Waals surface area contributed by atoms with Gasteiger partial charge in [-0.05, 0) is 75.2 Å². The summed E-state index contributed by atoms with van der Waals surface area (Å²) >= 11 is 0. The number of benzene rings is 3. The number of aromatic nitrogens is 2. The van der Waals surface area contributed by atoms with E-state index in [2.05, 4.69) is 95.6 Å². The third kappa shape index (κ3) is 17.9. The molecule has 0 aliphatic rings. The minimum atomic E-state index is 0.612. The predicted octanol–water partition coefficient (Wildman–Crippen LogP) is 14.4. The Balaban J connectivity index is 1.36. The molecule has 0 saturated carbocycles. The average Bonchev–Trinajstić information content (AvgIpc) is 3.30. The highest BCUT2D eigenvalue weighted by Crippen LogP contribution is 2.30. The van der Waals surface area contributed by atoms with E-state index in [1.807, 2.05) is 60.7 Å². The van der Waals surface area contributed by atoms with Gasteiger partial charge in [-0.3, -0.25) is 20.0 Å². The van der Waals surface area contributed by atoms with Crippen molar-refractivity contribution in [3.63, 3.8) is 0 Å². The molecule has 0 fully saturated rings. The number of hydrogen-bond acceptors (Lipinski definition) is 6. The molecule has 5 rings (SSSR count). The first kappa shape index (κ1) is 47.1. The Bertz CT molecular complexity index is 2070. The van der Waals surface area contributed by atoms with Crippen LogP contribution in [-0.4, -0.2) is 35.6 Å². The van der Waals surface area contributed by atoms with Crippen LogP contribution in [0, 0.1) is 37.5 Å². The molecule has 0 radical (unpaired) electrons. The van der Waals surface area contributed by atoms with Crippen LogP contribution in [0.2, 0.25) is 0 Å². The molecule has 0 aliphatic carbocycles. The number of aliphatic imine (C=N–C) groups is 2. The lowest BCUT2D eigenvalue weighted by atomic mass is 10.1. The Kier molecular flexibility index (Phi) is 21.1. The minimum absolute atomic E-state index is 0.612. The van der Waals surface area contributed by atoms with Gasteiger partial charge in [0.05, 0.1) is 59.5 Å². The summed E-state index contributed by atoms with van der Waals surface area (Å²) in [5.41, 5.74) is 8.87. The van der Waals surface area contributed by atoms with Crippen LogP contribution in [0.15, 0.2) is 107 Å². The van der Waals surface area contributed by atoms with Gasteiger partial charge >= 0.3 is 0 Å². The van der Waals surface area contributed by atoms with Gasteiger partial charge in [0, 0.05) is 35.7 Å². The highest BCUT2D eigenvalue weighted by Gasteiger charge is 2.12. The van der Waals surface area contributed by atoms with Crippen LogP contribution in [-0.2, 0) is 0 Å². The van der Waals surface area contributed by atoms with Crippen LogP contribution >= 0.6 is 0 Å². The second kappa shape index (κ2) is 27.8. The van der Waals surface area contributed by atoms with Gasteiger partial charge in [-0.1, -0.05) is 163 Å². The van der Waals surface area contributed by atoms with Gasteiger partial charge in [-0.15, -0.1) is 0 Å². The largest absolute Gasteiger partial charge is 0.492 e. The Morgan fingerprint density at radius 3 is 1.18 bits per heavy atom. The van der Waals surface area contributed by atoms with Gasteiger partial charge in [-0.25, -0.2) is 0 Å². The number of nitrogens with zero attached hydrogens (tertiary/aromatic N) is 4. The summed E-state index contributed by atoms with van der Waals surface area (Å²) in [5.74, 6) is 14.9. The first-order chi connectivity index (χ1) is 30.5. The van der Waals surface area contributed by atoms with E-state index in [0.717, 1.165) is 70.7 Å². The molecule has 62 heavy (non-hydrogen) atoms. The molecule has 0 bridgehead atoms. The van der Waals surface area contributed by atoms with Crippen molar-refractivity contribution in [1.29, 1.82) is 0 Å². The minimum Gasteiger partial charge on any atom is -0.492 e. The van der Waals surface area contributed by atoms with E-state index in [1.165, 1.54) is 88.2 Å². The normalized spacial score (nSPS) is 11.0. The molecule has 322 valence electrons. The molecule has 3 aromatic carbocycles. The molecule has 0 aliphatic heterocycles. The topological polar surface area (TPSA) is 69.0 Å². The van der Waals surface area contributed by atoms with Crippen LogP contribution in [0.5, 0.6) is 11.5 Å². The van der Waals surface area contributed by atoms with Crippen LogP contribution in [0.3, 0.4) is 0 Å². The molecule has 0 unspecified atom stereocenters. The van der Waals surface area contributed by atoms with Crippen molar-refractivity contribution in [3.8, 4) is 35.2 Å².